The van der Waals surface area contributed by atoms with Crippen LogP contribution in [0.5, 0.6) is 0 Å². The zero-order valence-electron chi connectivity index (χ0n) is 16.7. The minimum Gasteiger partial charge on any atom is -0.526 e. The number of nitrogens with zero attached hydrogens (tertiary/aromatic N) is 3. The van der Waals surface area contributed by atoms with E-state index in [-0.39, 0.29) is 4.59 Å². The zero-order chi connectivity index (χ0) is 20.1. The Morgan fingerprint density at radius 1 is 1.07 bits per heavy atom. The Kier molecular flexibility index (Phi) is 5.81. The van der Waals surface area contributed by atoms with Crippen molar-refractivity contribution in [3.63, 3.8) is 0 Å². The van der Waals surface area contributed by atoms with Crippen LogP contribution in [-0.4, -0.2) is 28.7 Å². The summed E-state index contributed by atoms with van der Waals surface area (Å²) in [6.45, 7) is 2.52. The van der Waals surface area contributed by atoms with Gasteiger partial charge in [-0.3, -0.25) is 4.98 Å². The standard InChI is InChI=1S/C23H28N4O2/c28-23(29)25-27(16-4-1-5-17-27)21-7-8-22-20(18-21)11-15-26(22)14-3-2-6-19-9-12-24-13-10-19/h7-13,15,18,25H,1-6,14,16-17H2. The molecule has 0 spiro atoms. The molecule has 6 heteroatoms. The van der Waals surface area contributed by atoms with Crippen molar-refractivity contribution in [3.8, 4) is 0 Å². The number of aromatic nitrogens is 2. The minimum absolute atomic E-state index is 0.273. The van der Waals surface area contributed by atoms with Crippen molar-refractivity contribution in [1.29, 1.82) is 0 Å². The van der Waals surface area contributed by atoms with Crippen LogP contribution in [0, 0.1) is 0 Å². The lowest BCUT2D eigenvalue weighted by Crippen LogP contribution is -2.66. The van der Waals surface area contributed by atoms with E-state index in [1.807, 2.05) is 12.4 Å². The highest BCUT2D eigenvalue weighted by Gasteiger charge is 2.33. The zero-order valence-corrected chi connectivity index (χ0v) is 16.7. The monoisotopic (exact) mass is 392 g/mol. The Labute approximate surface area is 171 Å². The molecule has 0 aliphatic carbocycles. The van der Waals surface area contributed by atoms with Crippen molar-refractivity contribution in [2.75, 3.05) is 13.1 Å². The third kappa shape index (κ3) is 4.43. The Morgan fingerprint density at radius 3 is 2.62 bits per heavy atom. The smallest absolute Gasteiger partial charge is 0.185 e. The molecule has 4 rings (SSSR count). The van der Waals surface area contributed by atoms with Crippen molar-refractivity contribution in [2.45, 2.75) is 45.1 Å². The number of hydrogen-bond acceptors (Lipinski definition) is 3. The van der Waals surface area contributed by atoms with Crippen LogP contribution in [0.2, 0.25) is 0 Å². The predicted molar refractivity (Wildman–Crippen MR) is 113 cm³/mol. The summed E-state index contributed by atoms with van der Waals surface area (Å²) in [4.78, 5) is 15.4. The first-order valence-electron chi connectivity index (χ1n) is 10.5. The second-order valence-electron chi connectivity index (χ2n) is 7.94. The number of piperidine rings is 1. The number of quaternary nitrogens is 1. The maximum absolute atomic E-state index is 11.3. The Balaban J connectivity index is 1.46. The molecule has 6 nitrogen and oxygen atoms in total. The Bertz CT molecular complexity index is 961. The lowest BCUT2D eigenvalue weighted by Gasteiger charge is -2.40. The highest BCUT2D eigenvalue weighted by atomic mass is 16.4. The van der Waals surface area contributed by atoms with Crippen LogP contribution in [-0.2, 0) is 13.0 Å². The second kappa shape index (κ2) is 8.66. The number of aryl methyl sites for hydroxylation is 2. The molecule has 3 heterocycles. The summed E-state index contributed by atoms with van der Waals surface area (Å²) in [5.41, 5.74) is 6.20. The van der Waals surface area contributed by atoms with E-state index in [1.165, 1.54) is 11.1 Å². The normalized spacial score (nSPS) is 16.0. The first kappa shape index (κ1) is 19.5. The number of nitrogens with one attached hydrogen (secondary N) is 1. The van der Waals surface area contributed by atoms with E-state index in [0.29, 0.717) is 0 Å². The molecule has 1 saturated heterocycles. The van der Waals surface area contributed by atoms with Crippen LogP contribution in [0.25, 0.3) is 10.9 Å². The van der Waals surface area contributed by atoms with Gasteiger partial charge >= 0.3 is 0 Å². The summed E-state index contributed by atoms with van der Waals surface area (Å²) < 4.78 is 2.56. The van der Waals surface area contributed by atoms with E-state index in [2.05, 4.69) is 57.6 Å². The summed E-state index contributed by atoms with van der Waals surface area (Å²) in [6, 6.07) is 12.6. The van der Waals surface area contributed by atoms with E-state index in [4.69, 9.17) is 0 Å². The molecule has 3 aromatic rings. The summed E-state index contributed by atoms with van der Waals surface area (Å²) in [6.07, 6.45) is 11.1. The molecule has 1 aliphatic heterocycles. The van der Waals surface area contributed by atoms with Gasteiger partial charge in [0.25, 0.3) is 0 Å². The number of carboxylic acid groups (broad SMARTS) is 1. The first-order valence-corrected chi connectivity index (χ1v) is 10.5. The molecule has 1 aromatic carbocycles. The molecule has 1 N–H and O–H groups in total. The Hall–Kier alpha value is -2.86. The van der Waals surface area contributed by atoms with Crippen LogP contribution in [0.15, 0.2) is 55.0 Å². The molecule has 2 aromatic heterocycles. The van der Waals surface area contributed by atoms with Gasteiger partial charge < -0.3 is 14.5 Å². The molecule has 0 unspecified atom stereocenters. The molecule has 0 saturated carbocycles. The maximum atomic E-state index is 11.3. The molecular formula is C23H28N4O2. The fraction of sp³-hybridized carbons (Fsp3) is 0.391. The average molecular weight is 393 g/mol. The lowest BCUT2D eigenvalue weighted by molar-refractivity contribution is -0.256. The van der Waals surface area contributed by atoms with E-state index >= 15 is 0 Å². The van der Waals surface area contributed by atoms with E-state index in [9.17, 15) is 9.90 Å². The fourth-order valence-electron chi connectivity index (χ4n) is 4.47. The SMILES string of the molecule is O=C([O-])N[N+]1(c2ccc3c(ccn3CCCCc3ccncc3)c2)CCCCC1. The molecule has 1 fully saturated rings. The van der Waals surface area contributed by atoms with E-state index < -0.39 is 6.09 Å². The molecule has 1 amide bonds. The van der Waals surface area contributed by atoms with Gasteiger partial charge in [0.15, 0.2) is 11.8 Å². The fourth-order valence-corrected chi connectivity index (χ4v) is 4.47. The molecule has 0 atom stereocenters. The van der Waals surface area contributed by atoms with Crippen molar-refractivity contribution in [3.05, 3.63) is 60.6 Å². The Morgan fingerprint density at radius 2 is 1.86 bits per heavy atom. The van der Waals surface area contributed by atoms with Gasteiger partial charge in [-0.2, -0.15) is 4.59 Å². The quantitative estimate of drug-likeness (QED) is 0.495. The summed E-state index contributed by atoms with van der Waals surface area (Å²) >= 11 is 0. The minimum atomic E-state index is -1.21. The van der Waals surface area contributed by atoms with Gasteiger partial charge in [-0.25, -0.2) is 5.43 Å². The van der Waals surface area contributed by atoms with Crippen molar-refractivity contribution in [2.24, 2.45) is 0 Å². The number of unbranched alkanes of at least 4 members (excludes halogenated alkanes) is 1. The molecule has 152 valence electrons. The summed E-state index contributed by atoms with van der Waals surface area (Å²) in [5, 5.41) is 12.5. The molecule has 29 heavy (non-hydrogen) atoms. The predicted octanol–water partition coefficient (Wildman–Crippen LogP) is 3.40. The van der Waals surface area contributed by atoms with Crippen LogP contribution in [0.1, 0.15) is 37.7 Å². The maximum Gasteiger partial charge on any atom is 0.185 e. The number of hydrogen-bond donors (Lipinski definition) is 1. The molecular weight excluding hydrogens is 364 g/mol. The van der Waals surface area contributed by atoms with Gasteiger partial charge in [0.1, 0.15) is 13.1 Å². The third-order valence-corrected chi connectivity index (χ3v) is 6.00. The lowest BCUT2D eigenvalue weighted by atomic mass is 10.1. The number of benzene rings is 1. The van der Waals surface area contributed by atoms with E-state index in [0.717, 1.165) is 69.2 Å². The topological polar surface area (TPSA) is 70.0 Å². The molecule has 0 radical (unpaired) electrons. The van der Waals surface area contributed by atoms with Gasteiger partial charge in [-0.1, -0.05) is 0 Å². The van der Waals surface area contributed by atoms with Crippen molar-refractivity contribution in [1.82, 2.24) is 19.6 Å². The molecule has 1 aliphatic rings. The van der Waals surface area contributed by atoms with Gasteiger partial charge in [0.2, 0.25) is 0 Å². The number of fused-ring (bicyclic) bond motifs is 1. The summed E-state index contributed by atoms with van der Waals surface area (Å²) in [5.74, 6) is 0. The van der Waals surface area contributed by atoms with Crippen LogP contribution >= 0.6 is 0 Å². The highest BCUT2D eigenvalue weighted by molar-refractivity contribution is 5.84. The van der Waals surface area contributed by atoms with Gasteiger partial charge in [0.05, 0.1) is 0 Å². The first-order chi connectivity index (χ1) is 14.2. The van der Waals surface area contributed by atoms with Crippen LogP contribution in [0.4, 0.5) is 10.5 Å². The highest BCUT2D eigenvalue weighted by Crippen LogP contribution is 2.30. The largest absolute Gasteiger partial charge is 0.526 e. The number of carbonyl (C=O) groups is 1. The van der Waals surface area contributed by atoms with Gasteiger partial charge in [-0.15, -0.1) is 0 Å². The van der Waals surface area contributed by atoms with Gasteiger partial charge in [-0.05, 0) is 68.4 Å². The summed E-state index contributed by atoms with van der Waals surface area (Å²) in [7, 11) is 0. The second-order valence-corrected chi connectivity index (χ2v) is 7.94. The van der Waals surface area contributed by atoms with Crippen molar-refractivity contribution >= 4 is 22.7 Å². The average Bonchev–Trinajstić information content (AvgIpc) is 3.14. The van der Waals surface area contributed by atoms with Gasteiger partial charge in [0, 0.05) is 48.2 Å². The number of rotatable bonds is 7. The molecule has 0 bridgehead atoms. The third-order valence-electron chi connectivity index (χ3n) is 6.00. The number of amides is 1. The van der Waals surface area contributed by atoms with Crippen LogP contribution in [0.3, 0.4) is 0 Å². The number of carbonyl (C=O) groups excluding carboxylic acids is 1. The number of pyridine rings is 1. The van der Waals surface area contributed by atoms with Crippen LogP contribution < -0.4 is 15.1 Å². The van der Waals surface area contributed by atoms with E-state index in [1.54, 1.807) is 0 Å². The van der Waals surface area contributed by atoms with Crippen molar-refractivity contribution < 1.29 is 9.90 Å².